The standard InChI is InChI=1S/C20H31N5S.HI/c1-4-21-20(23-13-11-19-16-26-17(2)24-19)22-12-8-14-25(3)15-18-9-6-5-7-10-18;/h5-7,9-10,16H,4,8,11-15H2,1-3H3,(H2,21,22,23);1H. The molecule has 5 nitrogen and oxygen atoms in total. The Bertz CT molecular complexity index is 659. The highest BCUT2D eigenvalue weighted by Gasteiger charge is 2.02. The van der Waals surface area contributed by atoms with Crippen LogP contribution < -0.4 is 10.6 Å². The maximum atomic E-state index is 4.68. The van der Waals surface area contributed by atoms with E-state index in [1.807, 2.05) is 6.92 Å². The summed E-state index contributed by atoms with van der Waals surface area (Å²) in [6.45, 7) is 8.70. The number of aromatic nitrogens is 1. The zero-order chi connectivity index (χ0) is 18.6. The minimum Gasteiger partial charge on any atom is -0.357 e. The van der Waals surface area contributed by atoms with Crippen LogP contribution in [0.25, 0.3) is 0 Å². The summed E-state index contributed by atoms with van der Waals surface area (Å²) in [7, 11) is 2.16. The van der Waals surface area contributed by atoms with Gasteiger partial charge in [-0.2, -0.15) is 0 Å². The fraction of sp³-hybridized carbons (Fsp3) is 0.500. The third-order valence-electron chi connectivity index (χ3n) is 3.95. The average molecular weight is 501 g/mol. The van der Waals surface area contributed by atoms with Crippen LogP contribution >= 0.6 is 35.3 Å². The summed E-state index contributed by atoms with van der Waals surface area (Å²) in [6, 6.07) is 10.6. The van der Waals surface area contributed by atoms with E-state index >= 15 is 0 Å². The van der Waals surface area contributed by atoms with Gasteiger partial charge in [-0.15, -0.1) is 35.3 Å². The summed E-state index contributed by atoms with van der Waals surface area (Å²) in [6.07, 6.45) is 1.97. The average Bonchev–Trinajstić information content (AvgIpc) is 3.04. The van der Waals surface area contributed by atoms with Crippen molar-refractivity contribution in [3.8, 4) is 0 Å². The Morgan fingerprint density at radius 1 is 1.22 bits per heavy atom. The first kappa shape index (κ1) is 23.8. The number of halogens is 1. The Kier molecular flexibility index (Phi) is 12.3. The van der Waals surface area contributed by atoms with Crippen molar-refractivity contribution in [2.75, 3.05) is 33.2 Å². The Morgan fingerprint density at radius 2 is 2.00 bits per heavy atom. The minimum atomic E-state index is 0. The maximum Gasteiger partial charge on any atom is 0.191 e. The monoisotopic (exact) mass is 501 g/mol. The quantitative estimate of drug-likeness (QED) is 0.226. The molecule has 0 bridgehead atoms. The van der Waals surface area contributed by atoms with Crippen LogP contribution in [0.1, 0.15) is 29.6 Å². The first-order valence-corrected chi connectivity index (χ1v) is 10.2. The van der Waals surface area contributed by atoms with Gasteiger partial charge in [0.25, 0.3) is 0 Å². The van der Waals surface area contributed by atoms with Gasteiger partial charge < -0.3 is 15.5 Å². The number of thiazole rings is 1. The second-order valence-corrected chi connectivity index (χ2v) is 7.43. The second-order valence-electron chi connectivity index (χ2n) is 6.37. The molecule has 7 heteroatoms. The number of nitrogens with one attached hydrogen (secondary N) is 2. The van der Waals surface area contributed by atoms with Crippen LogP contribution in [0.2, 0.25) is 0 Å². The van der Waals surface area contributed by atoms with Gasteiger partial charge in [0, 0.05) is 38.0 Å². The number of hydrogen-bond acceptors (Lipinski definition) is 4. The van der Waals surface area contributed by atoms with Gasteiger partial charge in [0.05, 0.1) is 10.7 Å². The molecule has 0 unspecified atom stereocenters. The molecular weight excluding hydrogens is 469 g/mol. The molecule has 0 saturated carbocycles. The first-order valence-electron chi connectivity index (χ1n) is 9.33. The molecule has 1 aromatic carbocycles. The summed E-state index contributed by atoms with van der Waals surface area (Å²) >= 11 is 1.70. The smallest absolute Gasteiger partial charge is 0.191 e. The summed E-state index contributed by atoms with van der Waals surface area (Å²) in [4.78, 5) is 11.5. The van der Waals surface area contributed by atoms with Crippen molar-refractivity contribution < 1.29 is 0 Å². The second kappa shape index (κ2) is 13.9. The SMILES string of the molecule is CCNC(=NCCCN(C)Cc1ccccc1)NCCc1csc(C)n1.I. The van der Waals surface area contributed by atoms with Crippen molar-refractivity contribution in [2.24, 2.45) is 4.99 Å². The van der Waals surface area contributed by atoms with Gasteiger partial charge in [-0.25, -0.2) is 4.98 Å². The number of benzene rings is 1. The van der Waals surface area contributed by atoms with Gasteiger partial charge in [0.1, 0.15) is 0 Å². The molecule has 0 aliphatic carbocycles. The van der Waals surface area contributed by atoms with Crippen molar-refractivity contribution in [1.29, 1.82) is 0 Å². The number of aliphatic imine (C=N–C) groups is 1. The fourth-order valence-corrected chi connectivity index (χ4v) is 3.33. The van der Waals surface area contributed by atoms with E-state index in [9.17, 15) is 0 Å². The number of guanidine groups is 1. The van der Waals surface area contributed by atoms with Crippen LogP contribution in [0.5, 0.6) is 0 Å². The molecule has 150 valence electrons. The van der Waals surface area contributed by atoms with Crippen molar-refractivity contribution in [3.63, 3.8) is 0 Å². The van der Waals surface area contributed by atoms with Crippen LogP contribution in [0.15, 0.2) is 40.7 Å². The van der Waals surface area contributed by atoms with Crippen LogP contribution in [-0.2, 0) is 13.0 Å². The topological polar surface area (TPSA) is 52.6 Å². The molecule has 1 heterocycles. The zero-order valence-corrected chi connectivity index (χ0v) is 19.7. The highest BCUT2D eigenvalue weighted by Crippen LogP contribution is 2.07. The van der Waals surface area contributed by atoms with Crippen molar-refractivity contribution in [1.82, 2.24) is 20.5 Å². The van der Waals surface area contributed by atoms with E-state index in [1.165, 1.54) is 5.56 Å². The molecule has 1 aromatic heterocycles. The largest absolute Gasteiger partial charge is 0.357 e. The van der Waals surface area contributed by atoms with E-state index in [0.717, 1.165) is 62.2 Å². The van der Waals surface area contributed by atoms with Crippen LogP contribution in [0, 0.1) is 6.92 Å². The Balaban J connectivity index is 0.00000364. The number of rotatable bonds is 10. The Labute approximate surface area is 184 Å². The molecule has 0 aliphatic rings. The number of nitrogens with zero attached hydrogens (tertiary/aromatic N) is 3. The highest BCUT2D eigenvalue weighted by molar-refractivity contribution is 14.0. The molecule has 0 amide bonds. The fourth-order valence-electron chi connectivity index (χ4n) is 2.68. The van der Waals surface area contributed by atoms with Gasteiger partial charge in [-0.05, 0) is 39.4 Å². The third-order valence-corrected chi connectivity index (χ3v) is 4.77. The van der Waals surface area contributed by atoms with Crippen molar-refractivity contribution in [3.05, 3.63) is 52.0 Å². The molecule has 2 rings (SSSR count). The Hall–Kier alpha value is -1.19. The predicted molar refractivity (Wildman–Crippen MR) is 127 cm³/mol. The summed E-state index contributed by atoms with van der Waals surface area (Å²) in [5, 5.41) is 9.96. The van der Waals surface area contributed by atoms with Crippen LogP contribution in [-0.4, -0.2) is 49.1 Å². The molecular formula is C20H32IN5S. The van der Waals surface area contributed by atoms with E-state index < -0.39 is 0 Å². The van der Waals surface area contributed by atoms with Gasteiger partial charge >= 0.3 is 0 Å². The van der Waals surface area contributed by atoms with Gasteiger partial charge in [-0.3, -0.25) is 4.99 Å². The molecule has 2 N–H and O–H groups in total. The molecule has 0 spiro atoms. The van der Waals surface area contributed by atoms with E-state index in [2.05, 4.69) is 75.2 Å². The van der Waals surface area contributed by atoms with E-state index in [4.69, 9.17) is 0 Å². The van der Waals surface area contributed by atoms with E-state index in [1.54, 1.807) is 11.3 Å². The summed E-state index contributed by atoms with van der Waals surface area (Å²) in [5.74, 6) is 0.894. The normalized spacial score (nSPS) is 11.3. The zero-order valence-electron chi connectivity index (χ0n) is 16.6. The highest BCUT2D eigenvalue weighted by atomic mass is 127. The van der Waals surface area contributed by atoms with Crippen LogP contribution in [0.3, 0.4) is 0 Å². The first-order chi connectivity index (χ1) is 12.7. The molecule has 0 atom stereocenters. The van der Waals surface area contributed by atoms with Gasteiger partial charge in [-0.1, -0.05) is 30.3 Å². The van der Waals surface area contributed by atoms with Gasteiger partial charge in [0.2, 0.25) is 0 Å². The number of hydrogen-bond donors (Lipinski definition) is 2. The Morgan fingerprint density at radius 3 is 2.67 bits per heavy atom. The van der Waals surface area contributed by atoms with Crippen LogP contribution in [0.4, 0.5) is 0 Å². The lowest BCUT2D eigenvalue weighted by Crippen LogP contribution is -2.38. The molecule has 0 fully saturated rings. The molecule has 2 aromatic rings. The van der Waals surface area contributed by atoms with E-state index in [-0.39, 0.29) is 24.0 Å². The molecule has 0 radical (unpaired) electrons. The molecule has 27 heavy (non-hydrogen) atoms. The third kappa shape index (κ3) is 10.1. The lowest BCUT2D eigenvalue weighted by atomic mass is 10.2. The molecule has 0 aliphatic heterocycles. The maximum absolute atomic E-state index is 4.68. The number of aryl methyl sites for hydroxylation is 1. The lowest BCUT2D eigenvalue weighted by molar-refractivity contribution is 0.324. The lowest BCUT2D eigenvalue weighted by Gasteiger charge is -2.16. The predicted octanol–water partition coefficient (Wildman–Crippen LogP) is 3.69. The summed E-state index contributed by atoms with van der Waals surface area (Å²) < 4.78 is 0. The summed E-state index contributed by atoms with van der Waals surface area (Å²) in [5.41, 5.74) is 2.50. The van der Waals surface area contributed by atoms with Gasteiger partial charge in [0.15, 0.2) is 5.96 Å². The van der Waals surface area contributed by atoms with E-state index in [0.29, 0.717) is 0 Å². The molecule has 0 saturated heterocycles. The van der Waals surface area contributed by atoms with Crippen molar-refractivity contribution in [2.45, 2.75) is 33.2 Å². The minimum absolute atomic E-state index is 0. The van der Waals surface area contributed by atoms with Crippen molar-refractivity contribution >= 4 is 41.3 Å².